The van der Waals surface area contributed by atoms with Gasteiger partial charge in [0.15, 0.2) is 17.3 Å². The van der Waals surface area contributed by atoms with Crippen molar-refractivity contribution in [2.24, 2.45) is 0 Å². The number of rotatable bonds is 3. The summed E-state index contributed by atoms with van der Waals surface area (Å²) >= 11 is 0. The van der Waals surface area contributed by atoms with E-state index in [-0.39, 0.29) is 0 Å². The molecule has 1 fully saturated rings. The van der Waals surface area contributed by atoms with Crippen molar-refractivity contribution >= 4 is 17.3 Å². The summed E-state index contributed by atoms with van der Waals surface area (Å²) in [5.74, 6) is 2.61. The summed E-state index contributed by atoms with van der Waals surface area (Å²) in [5.41, 5.74) is 2.38. The fourth-order valence-electron chi connectivity index (χ4n) is 3.36. The molecule has 0 bridgehead atoms. The molecule has 0 unspecified atom stereocenters. The van der Waals surface area contributed by atoms with Gasteiger partial charge in [0.05, 0.1) is 5.69 Å². The van der Waals surface area contributed by atoms with Gasteiger partial charge in [0.1, 0.15) is 11.5 Å². The highest BCUT2D eigenvalue weighted by Gasteiger charge is 2.20. The van der Waals surface area contributed by atoms with Gasteiger partial charge in [-0.3, -0.25) is 4.98 Å². The first kappa shape index (κ1) is 16.5. The first-order chi connectivity index (χ1) is 13.8. The molecular formula is C19H19N9. The van der Waals surface area contributed by atoms with Crippen LogP contribution in [0.15, 0.2) is 48.7 Å². The molecule has 1 aliphatic heterocycles. The number of pyridine rings is 1. The molecular weight excluding hydrogens is 354 g/mol. The standard InChI is InChI=1S/C19H19N9/c1-14-21-24-18-7-8-19(25-28(14)18)27-12-10-26(11-13-27)17-6-5-16(22-23-17)15-4-2-3-9-20-15/h2-9H,10-13H2,1H3. The fourth-order valence-corrected chi connectivity index (χ4v) is 3.36. The van der Waals surface area contributed by atoms with Crippen molar-refractivity contribution < 1.29 is 0 Å². The van der Waals surface area contributed by atoms with E-state index in [1.807, 2.05) is 49.4 Å². The molecule has 0 amide bonds. The maximum Gasteiger partial charge on any atom is 0.178 e. The van der Waals surface area contributed by atoms with E-state index in [2.05, 4.69) is 40.3 Å². The Labute approximate surface area is 161 Å². The third kappa shape index (κ3) is 3.00. The molecule has 9 nitrogen and oxygen atoms in total. The van der Waals surface area contributed by atoms with Crippen LogP contribution in [0.2, 0.25) is 0 Å². The zero-order chi connectivity index (χ0) is 18.9. The predicted octanol–water partition coefficient (Wildman–Crippen LogP) is 1.61. The third-order valence-corrected chi connectivity index (χ3v) is 4.91. The van der Waals surface area contributed by atoms with E-state index >= 15 is 0 Å². The molecule has 140 valence electrons. The van der Waals surface area contributed by atoms with Crippen LogP contribution in [0.25, 0.3) is 17.0 Å². The fraction of sp³-hybridized carbons (Fsp3) is 0.263. The Bertz CT molecular complexity index is 1080. The number of anilines is 2. The Morgan fingerprint density at radius 1 is 0.714 bits per heavy atom. The smallest absolute Gasteiger partial charge is 0.178 e. The van der Waals surface area contributed by atoms with Gasteiger partial charge in [0.25, 0.3) is 0 Å². The topological polar surface area (TPSA) is 88.2 Å². The molecule has 9 heteroatoms. The first-order valence-electron chi connectivity index (χ1n) is 9.22. The van der Waals surface area contributed by atoms with Crippen molar-refractivity contribution in [1.82, 2.24) is 35.0 Å². The number of aromatic nitrogens is 7. The number of fused-ring (bicyclic) bond motifs is 1. The van der Waals surface area contributed by atoms with Gasteiger partial charge >= 0.3 is 0 Å². The minimum Gasteiger partial charge on any atom is -0.352 e. The molecule has 0 aromatic carbocycles. The molecule has 0 spiro atoms. The average molecular weight is 373 g/mol. The van der Waals surface area contributed by atoms with E-state index in [1.54, 1.807) is 10.7 Å². The quantitative estimate of drug-likeness (QED) is 0.535. The molecule has 5 rings (SSSR count). The summed E-state index contributed by atoms with van der Waals surface area (Å²) in [6.45, 7) is 5.35. The van der Waals surface area contributed by atoms with Crippen molar-refractivity contribution in [3.63, 3.8) is 0 Å². The van der Waals surface area contributed by atoms with Crippen molar-refractivity contribution in [2.45, 2.75) is 6.92 Å². The summed E-state index contributed by atoms with van der Waals surface area (Å²) < 4.78 is 1.78. The number of piperazine rings is 1. The lowest BCUT2D eigenvalue weighted by molar-refractivity contribution is 0.632. The summed E-state index contributed by atoms with van der Waals surface area (Å²) in [6.07, 6.45) is 1.76. The van der Waals surface area contributed by atoms with E-state index in [0.29, 0.717) is 0 Å². The van der Waals surface area contributed by atoms with Crippen LogP contribution in [0.3, 0.4) is 0 Å². The van der Waals surface area contributed by atoms with E-state index in [4.69, 9.17) is 0 Å². The minimum absolute atomic E-state index is 0.767. The monoisotopic (exact) mass is 373 g/mol. The van der Waals surface area contributed by atoms with Crippen LogP contribution in [-0.2, 0) is 0 Å². The third-order valence-electron chi connectivity index (χ3n) is 4.91. The van der Waals surface area contributed by atoms with Crippen LogP contribution >= 0.6 is 0 Å². The van der Waals surface area contributed by atoms with Crippen molar-refractivity contribution in [1.29, 1.82) is 0 Å². The van der Waals surface area contributed by atoms with Crippen molar-refractivity contribution in [3.05, 3.63) is 54.5 Å². The lowest BCUT2D eigenvalue weighted by atomic mass is 10.2. The number of nitrogens with zero attached hydrogens (tertiary/aromatic N) is 9. The molecule has 1 saturated heterocycles. The SMILES string of the molecule is Cc1nnc2ccc(N3CCN(c4ccc(-c5ccccn5)nn4)CC3)nn12. The van der Waals surface area contributed by atoms with E-state index in [1.165, 1.54) is 0 Å². The normalized spacial score (nSPS) is 14.6. The van der Waals surface area contributed by atoms with Gasteiger partial charge < -0.3 is 9.80 Å². The second-order valence-corrected chi connectivity index (χ2v) is 6.67. The van der Waals surface area contributed by atoms with Crippen LogP contribution in [0.4, 0.5) is 11.6 Å². The molecule has 5 heterocycles. The zero-order valence-electron chi connectivity index (χ0n) is 15.5. The van der Waals surface area contributed by atoms with E-state index in [0.717, 1.165) is 60.7 Å². The predicted molar refractivity (Wildman–Crippen MR) is 105 cm³/mol. The van der Waals surface area contributed by atoms with E-state index in [9.17, 15) is 0 Å². The van der Waals surface area contributed by atoms with Gasteiger partial charge in [0.2, 0.25) is 0 Å². The maximum absolute atomic E-state index is 4.67. The van der Waals surface area contributed by atoms with Crippen LogP contribution in [0, 0.1) is 6.92 Å². The Morgan fingerprint density at radius 3 is 2.21 bits per heavy atom. The van der Waals surface area contributed by atoms with Crippen LogP contribution in [0.1, 0.15) is 5.82 Å². The highest BCUT2D eigenvalue weighted by Crippen LogP contribution is 2.20. The highest BCUT2D eigenvalue weighted by atomic mass is 15.4. The molecule has 0 N–H and O–H groups in total. The second-order valence-electron chi connectivity index (χ2n) is 6.67. The van der Waals surface area contributed by atoms with Gasteiger partial charge in [0, 0.05) is 32.4 Å². The Hall–Kier alpha value is -3.62. The first-order valence-corrected chi connectivity index (χ1v) is 9.22. The molecule has 28 heavy (non-hydrogen) atoms. The molecule has 0 atom stereocenters. The summed E-state index contributed by atoms with van der Waals surface area (Å²) in [4.78, 5) is 8.83. The maximum atomic E-state index is 4.67. The molecule has 0 aliphatic carbocycles. The van der Waals surface area contributed by atoms with Crippen LogP contribution in [0.5, 0.6) is 0 Å². The molecule has 0 saturated carbocycles. The Kier molecular flexibility index (Phi) is 4.04. The van der Waals surface area contributed by atoms with Gasteiger partial charge in [-0.2, -0.15) is 4.52 Å². The Balaban J connectivity index is 1.28. The van der Waals surface area contributed by atoms with Gasteiger partial charge in [-0.1, -0.05) is 6.07 Å². The number of hydrogen-bond acceptors (Lipinski definition) is 8. The largest absolute Gasteiger partial charge is 0.352 e. The lowest BCUT2D eigenvalue weighted by Gasteiger charge is -2.35. The van der Waals surface area contributed by atoms with Crippen LogP contribution < -0.4 is 9.80 Å². The molecule has 0 radical (unpaired) electrons. The number of hydrogen-bond donors (Lipinski definition) is 0. The Morgan fingerprint density at radius 2 is 1.50 bits per heavy atom. The summed E-state index contributed by atoms with van der Waals surface area (Å²) in [6, 6.07) is 13.7. The van der Waals surface area contributed by atoms with E-state index < -0.39 is 0 Å². The van der Waals surface area contributed by atoms with Crippen LogP contribution in [-0.4, -0.2) is 61.2 Å². The number of aryl methyl sites for hydroxylation is 1. The minimum atomic E-state index is 0.767. The summed E-state index contributed by atoms with van der Waals surface area (Å²) in [7, 11) is 0. The lowest BCUT2D eigenvalue weighted by Crippen LogP contribution is -2.47. The summed E-state index contributed by atoms with van der Waals surface area (Å²) in [5, 5.41) is 21.6. The van der Waals surface area contributed by atoms with Gasteiger partial charge in [-0.15, -0.1) is 25.5 Å². The highest BCUT2D eigenvalue weighted by molar-refractivity contribution is 5.55. The molecule has 4 aromatic heterocycles. The molecule has 4 aromatic rings. The van der Waals surface area contributed by atoms with Crippen molar-refractivity contribution in [2.75, 3.05) is 36.0 Å². The zero-order valence-corrected chi connectivity index (χ0v) is 15.5. The van der Waals surface area contributed by atoms with Gasteiger partial charge in [-0.05, 0) is 43.3 Å². The second kappa shape index (κ2) is 6.84. The van der Waals surface area contributed by atoms with Gasteiger partial charge in [-0.25, -0.2) is 0 Å². The molecule has 1 aliphatic rings. The average Bonchev–Trinajstić information content (AvgIpc) is 3.15. The van der Waals surface area contributed by atoms with Crippen molar-refractivity contribution in [3.8, 4) is 11.4 Å².